The van der Waals surface area contributed by atoms with Crippen LogP contribution in [0.25, 0.3) is 0 Å². The molecule has 0 heterocycles. The van der Waals surface area contributed by atoms with Crippen molar-refractivity contribution in [1.29, 1.82) is 0 Å². The molecule has 1 unspecified atom stereocenters. The highest BCUT2D eigenvalue weighted by molar-refractivity contribution is 4.91. The normalized spacial score (nSPS) is 39.0. The third-order valence-electron chi connectivity index (χ3n) is 4.31. The molecule has 2 nitrogen and oxygen atoms in total. The summed E-state index contributed by atoms with van der Waals surface area (Å²) >= 11 is 0. The van der Waals surface area contributed by atoms with E-state index in [2.05, 4.69) is 6.92 Å². The van der Waals surface area contributed by atoms with Gasteiger partial charge in [0.05, 0.1) is 11.7 Å². The molecule has 2 aliphatic rings. The van der Waals surface area contributed by atoms with E-state index in [1.807, 2.05) is 0 Å². The highest BCUT2D eigenvalue weighted by atomic mass is 16.3. The van der Waals surface area contributed by atoms with Gasteiger partial charge in [0.1, 0.15) is 0 Å². The van der Waals surface area contributed by atoms with Gasteiger partial charge in [-0.3, -0.25) is 0 Å². The van der Waals surface area contributed by atoms with Crippen molar-refractivity contribution in [3.63, 3.8) is 0 Å². The van der Waals surface area contributed by atoms with Crippen LogP contribution in [-0.4, -0.2) is 21.9 Å². The quantitative estimate of drug-likeness (QED) is 0.751. The third kappa shape index (κ3) is 2.94. The summed E-state index contributed by atoms with van der Waals surface area (Å²) < 4.78 is 0. The van der Waals surface area contributed by atoms with Crippen molar-refractivity contribution in [2.45, 2.75) is 70.0 Å². The molecule has 0 radical (unpaired) electrons. The molecule has 1 atom stereocenters. The first-order valence-electron chi connectivity index (χ1n) is 6.50. The average Bonchev–Trinajstić information content (AvgIpc) is 3.03. The van der Waals surface area contributed by atoms with E-state index in [1.165, 1.54) is 12.8 Å². The summed E-state index contributed by atoms with van der Waals surface area (Å²) in [5.41, 5.74) is -0.762. The fourth-order valence-electron chi connectivity index (χ4n) is 2.66. The van der Waals surface area contributed by atoms with Gasteiger partial charge >= 0.3 is 0 Å². The fraction of sp³-hybridized carbons (Fsp3) is 1.00. The Morgan fingerprint density at radius 1 is 1.20 bits per heavy atom. The molecule has 2 heteroatoms. The molecular formula is C13H24O2. The van der Waals surface area contributed by atoms with Gasteiger partial charge in [0.2, 0.25) is 0 Å². The molecule has 0 aromatic carbocycles. The number of aliphatic hydroxyl groups is 2. The Hall–Kier alpha value is -0.0800. The predicted molar refractivity (Wildman–Crippen MR) is 60.5 cm³/mol. The van der Waals surface area contributed by atoms with E-state index in [0.29, 0.717) is 0 Å². The number of rotatable bonds is 4. The minimum absolute atomic E-state index is 0.481. The maximum atomic E-state index is 10.3. The van der Waals surface area contributed by atoms with Gasteiger partial charge in [-0.15, -0.1) is 0 Å². The first-order valence-corrected chi connectivity index (χ1v) is 6.50. The SMILES string of the molecule is CC1CCC(O)(C(O)CCC2CC2)CC1. The van der Waals surface area contributed by atoms with Crippen LogP contribution in [0.5, 0.6) is 0 Å². The molecule has 88 valence electrons. The van der Waals surface area contributed by atoms with Crippen LogP contribution in [0.2, 0.25) is 0 Å². The molecule has 2 fully saturated rings. The van der Waals surface area contributed by atoms with E-state index in [9.17, 15) is 10.2 Å². The van der Waals surface area contributed by atoms with Crippen molar-refractivity contribution in [2.75, 3.05) is 0 Å². The summed E-state index contributed by atoms with van der Waals surface area (Å²) in [7, 11) is 0. The third-order valence-corrected chi connectivity index (χ3v) is 4.31. The predicted octanol–water partition coefficient (Wildman–Crippen LogP) is 2.48. The second-order valence-electron chi connectivity index (χ2n) is 5.82. The second kappa shape index (κ2) is 4.42. The summed E-state index contributed by atoms with van der Waals surface area (Å²) in [5.74, 6) is 1.58. The topological polar surface area (TPSA) is 40.5 Å². The zero-order chi connectivity index (χ0) is 10.9. The van der Waals surface area contributed by atoms with Crippen LogP contribution in [0.3, 0.4) is 0 Å². The molecule has 2 rings (SSSR count). The van der Waals surface area contributed by atoms with Crippen LogP contribution < -0.4 is 0 Å². The molecule has 0 aromatic heterocycles. The Morgan fingerprint density at radius 2 is 1.80 bits per heavy atom. The lowest BCUT2D eigenvalue weighted by molar-refractivity contribution is -0.106. The molecule has 2 aliphatic carbocycles. The Balaban J connectivity index is 1.78. The highest BCUT2D eigenvalue weighted by Crippen LogP contribution is 2.38. The van der Waals surface area contributed by atoms with Gasteiger partial charge in [-0.25, -0.2) is 0 Å². The first-order chi connectivity index (χ1) is 7.10. The highest BCUT2D eigenvalue weighted by Gasteiger charge is 2.38. The van der Waals surface area contributed by atoms with Crippen molar-refractivity contribution in [2.24, 2.45) is 11.8 Å². The molecule has 0 spiro atoms. The zero-order valence-corrected chi connectivity index (χ0v) is 9.78. The lowest BCUT2D eigenvalue weighted by Crippen LogP contribution is -2.45. The molecule has 0 saturated heterocycles. The standard InChI is InChI=1S/C13H24O2/c1-10-6-8-13(15,9-7-10)12(14)5-4-11-2-3-11/h10-12,14-15H,2-9H2,1H3. The number of hydrogen-bond donors (Lipinski definition) is 2. The molecule has 15 heavy (non-hydrogen) atoms. The number of hydrogen-bond acceptors (Lipinski definition) is 2. The van der Waals surface area contributed by atoms with Crippen LogP contribution in [-0.2, 0) is 0 Å². The maximum Gasteiger partial charge on any atom is 0.0905 e. The Morgan fingerprint density at radius 3 is 2.33 bits per heavy atom. The lowest BCUT2D eigenvalue weighted by atomic mass is 9.75. The Bertz CT molecular complexity index is 203. The maximum absolute atomic E-state index is 10.3. The Labute approximate surface area is 92.7 Å². The van der Waals surface area contributed by atoms with Crippen LogP contribution in [0, 0.1) is 11.8 Å². The Kier molecular flexibility index (Phi) is 3.36. The monoisotopic (exact) mass is 212 g/mol. The fourth-order valence-corrected chi connectivity index (χ4v) is 2.66. The van der Waals surface area contributed by atoms with Gasteiger partial charge in [0.15, 0.2) is 0 Å². The zero-order valence-electron chi connectivity index (χ0n) is 9.78. The molecule has 0 amide bonds. The summed E-state index contributed by atoms with van der Waals surface area (Å²) in [6.45, 7) is 2.23. The van der Waals surface area contributed by atoms with Crippen molar-refractivity contribution < 1.29 is 10.2 Å². The van der Waals surface area contributed by atoms with E-state index in [1.54, 1.807) is 0 Å². The number of aliphatic hydroxyl groups excluding tert-OH is 1. The van der Waals surface area contributed by atoms with E-state index in [-0.39, 0.29) is 0 Å². The molecule has 2 saturated carbocycles. The molecular weight excluding hydrogens is 188 g/mol. The van der Waals surface area contributed by atoms with Gasteiger partial charge in [-0.05, 0) is 50.4 Å². The van der Waals surface area contributed by atoms with Crippen molar-refractivity contribution in [1.82, 2.24) is 0 Å². The van der Waals surface area contributed by atoms with Gasteiger partial charge in [-0.2, -0.15) is 0 Å². The lowest BCUT2D eigenvalue weighted by Gasteiger charge is -2.38. The molecule has 0 aliphatic heterocycles. The average molecular weight is 212 g/mol. The van der Waals surface area contributed by atoms with E-state index in [4.69, 9.17) is 0 Å². The van der Waals surface area contributed by atoms with E-state index in [0.717, 1.165) is 50.4 Å². The van der Waals surface area contributed by atoms with Crippen LogP contribution in [0.1, 0.15) is 58.3 Å². The van der Waals surface area contributed by atoms with Crippen molar-refractivity contribution in [3.05, 3.63) is 0 Å². The minimum Gasteiger partial charge on any atom is -0.390 e. The second-order valence-corrected chi connectivity index (χ2v) is 5.82. The summed E-state index contributed by atoms with van der Waals surface area (Å²) in [6, 6.07) is 0. The minimum atomic E-state index is -0.762. The van der Waals surface area contributed by atoms with Gasteiger partial charge in [-0.1, -0.05) is 19.8 Å². The molecule has 0 aromatic rings. The largest absolute Gasteiger partial charge is 0.390 e. The van der Waals surface area contributed by atoms with Crippen LogP contribution >= 0.6 is 0 Å². The molecule has 2 N–H and O–H groups in total. The summed E-state index contributed by atoms with van der Waals surface area (Å²) in [4.78, 5) is 0. The van der Waals surface area contributed by atoms with Crippen LogP contribution in [0.15, 0.2) is 0 Å². The van der Waals surface area contributed by atoms with E-state index < -0.39 is 11.7 Å². The van der Waals surface area contributed by atoms with Gasteiger partial charge in [0.25, 0.3) is 0 Å². The van der Waals surface area contributed by atoms with E-state index >= 15 is 0 Å². The summed E-state index contributed by atoms with van der Waals surface area (Å²) in [6.07, 6.45) is 7.82. The van der Waals surface area contributed by atoms with Crippen LogP contribution in [0.4, 0.5) is 0 Å². The van der Waals surface area contributed by atoms with Crippen molar-refractivity contribution >= 4 is 0 Å². The van der Waals surface area contributed by atoms with Gasteiger partial charge < -0.3 is 10.2 Å². The summed E-state index contributed by atoms with van der Waals surface area (Å²) in [5, 5.41) is 20.4. The van der Waals surface area contributed by atoms with Gasteiger partial charge in [0, 0.05) is 0 Å². The van der Waals surface area contributed by atoms with Crippen molar-refractivity contribution in [3.8, 4) is 0 Å². The first kappa shape index (κ1) is 11.4. The molecule has 0 bridgehead atoms. The smallest absolute Gasteiger partial charge is 0.0905 e.